The maximum Gasteiger partial charge on any atom is 0.140 e. The second kappa shape index (κ2) is 5.64. The van der Waals surface area contributed by atoms with Crippen molar-refractivity contribution in [1.29, 1.82) is 0 Å². The molecule has 1 fully saturated rings. The highest BCUT2D eigenvalue weighted by atomic mass is 35.5. The fraction of sp³-hybridized carbons (Fsp3) is 0.818. The van der Waals surface area contributed by atoms with Crippen LogP contribution in [0, 0.1) is 5.92 Å². The molecule has 1 aliphatic rings. The molecule has 1 N–H and O–H groups in total. The van der Waals surface area contributed by atoms with Gasteiger partial charge in [-0.1, -0.05) is 6.92 Å². The summed E-state index contributed by atoms with van der Waals surface area (Å²) in [5, 5.41) is 8.03. The fourth-order valence-electron chi connectivity index (χ4n) is 2.03. The van der Waals surface area contributed by atoms with Crippen LogP contribution in [0.5, 0.6) is 0 Å². The first kappa shape index (κ1) is 11.9. The molecule has 0 saturated heterocycles. The van der Waals surface area contributed by atoms with Crippen molar-refractivity contribution in [1.82, 2.24) is 20.1 Å². The van der Waals surface area contributed by atoms with E-state index in [-0.39, 0.29) is 0 Å². The number of aryl methyl sites for hydroxylation is 1. The van der Waals surface area contributed by atoms with Crippen LogP contribution in [-0.2, 0) is 13.1 Å². The minimum Gasteiger partial charge on any atom is -0.310 e. The summed E-state index contributed by atoms with van der Waals surface area (Å²) < 4.78 is 1.97. The van der Waals surface area contributed by atoms with Crippen LogP contribution in [0.3, 0.4) is 0 Å². The van der Waals surface area contributed by atoms with E-state index in [0.717, 1.165) is 50.6 Å². The highest BCUT2D eigenvalue weighted by molar-refractivity contribution is 6.21. The second-order valence-electron chi connectivity index (χ2n) is 4.47. The molecule has 0 aliphatic heterocycles. The van der Waals surface area contributed by atoms with E-state index in [0.29, 0.717) is 5.38 Å². The summed E-state index contributed by atoms with van der Waals surface area (Å²) in [6, 6.07) is 0. The van der Waals surface area contributed by atoms with Crippen LogP contribution in [0.1, 0.15) is 32.0 Å². The van der Waals surface area contributed by atoms with Gasteiger partial charge in [0, 0.05) is 11.9 Å². The Bertz CT molecular complexity index is 320. The van der Waals surface area contributed by atoms with E-state index in [1.165, 1.54) is 0 Å². The van der Waals surface area contributed by atoms with Gasteiger partial charge in [0.2, 0.25) is 0 Å². The van der Waals surface area contributed by atoms with Crippen LogP contribution >= 0.6 is 11.6 Å². The standard InChI is InChI=1S/C11H19ClN4/c1-2-3-16-11(14-8-15-16)7-13-6-9-4-10(12)5-9/h8-10,13H,2-7H2,1H3. The molecule has 1 aliphatic carbocycles. The molecule has 5 heteroatoms. The van der Waals surface area contributed by atoms with Crippen LogP contribution in [0.2, 0.25) is 0 Å². The summed E-state index contributed by atoms with van der Waals surface area (Å²) in [7, 11) is 0. The molecule has 0 bridgehead atoms. The first-order valence-corrected chi connectivity index (χ1v) is 6.44. The van der Waals surface area contributed by atoms with E-state index in [4.69, 9.17) is 11.6 Å². The quantitative estimate of drug-likeness (QED) is 0.774. The predicted molar refractivity (Wildman–Crippen MR) is 64.4 cm³/mol. The smallest absolute Gasteiger partial charge is 0.140 e. The molecule has 0 amide bonds. The van der Waals surface area contributed by atoms with Crippen molar-refractivity contribution < 1.29 is 0 Å². The van der Waals surface area contributed by atoms with Crippen molar-refractivity contribution in [3.63, 3.8) is 0 Å². The molecule has 2 rings (SSSR count). The molecule has 16 heavy (non-hydrogen) atoms. The predicted octanol–water partition coefficient (Wildman–Crippen LogP) is 1.80. The first-order valence-electron chi connectivity index (χ1n) is 6.01. The molecule has 1 aromatic rings. The zero-order valence-corrected chi connectivity index (χ0v) is 10.5. The average Bonchev–Trinajstić information content (AvgIpc) is 2.64. The number of hydrogen-bond donors (Lipinski definition) is 1. The Labute approximate surface area is 101 Å². The lowest BCUT2D eigenvalue weighted by Crippen LogP contribution is -2.33. The molecule has 0 radical (unpaired) electrons. The molecule has 0 atom stereocenters. The first-order chi connectivity index (χ1) is 7.79. The van der Waals surface area contributed by atoms with E-state index < -0.39 is 0 Å². The minimum atomic E-state index is 0.413. The maximum absolute atomic E-state index is 5.93. The molecular weight excluding hydrogens is 224 g/mol. The lowest BCUT2D eigenvalue weighted by molar-refractivity contribution is 0.306. The van der Waals surface area contributed by atoms with E-state index in [1.807, 2.05) is 4.68 Å². The van der Waals surface area contributed by atoms with Crippen LogP contribution in [0.25, 0.3) is 0 Å². The topological polar surface area (TPSA) is 42.7 Å². The summed E-state index contributed by atoms with van der Waals surface area (Å²) in [5.74, 6) is 1.79. The molecule has 0 spiro atoms. The molecule has 0 unspecified atom stereocenters. The van der Waals surface area contributed by atoms with Gasteiger partial charge in [-0.15, -0.1) is 11.6 Å². The van der Waals surface area contributed by atoms with Crippen LogP contribution < -0.4 is 5.32 Å². The number of nitrogens with one attached hydrogen (secondary N) is 1. The van der Waals surface area contributed by atoms with Gasteiger partial charge in [0.15, 0.2) is 0 Å². The Morgan fingerprint density at radius 2 is 2.38 bits per heavy atom. The lowest BCUT2D eigenvalue weighted by Gasteiger charge is -2.30. The fourth-order valence-corrected chi connectivity index (χ4v) is 2.54. The zero-order valence-electron chi connectivity index (χ0n) is 9.69. The van der Waals surface area contributed by atoms with Gasteiger partial charge in [0.05, 0.1) is 6.54 Å². The molecule has 1 saturated carbocycles. The van der Waals surface area contributed by atoms with Gasteiger partial charge in [-0.2, -0.15) is 5.10 Å². The van der Waals surface area contributed by atoms with E-state index in [1.54, 1.807) is 6.33 Å². The normalized spacial score (nSPS) is 24.4. The van der Waals surface area contributed by atoms with Gasteiger partial charge in [-0.3, -0.25) is 0 Å². The third-order valence-corrected chi connectivity index (χ3v) is 3.38. The van der Waals surface area contributed by atoms with Crippen LogP contribution in [0.4, 0.5) is 0 Å². The van der Waals surface area contributed by atoms with Crippen molar-refractivity contribution in [2.75, 3.05) is 6.54 Å². The Hall–Kier alpha value is -0.610. The van der Waals surface area contributed by atoms with Gasteiger partial charge < -0.3 is 5.32 Å². The largest absolute Gasteiger partial charge is 0.310 e. The molecule has 0 aromatic carbocycles. The van der Waals surface area contributed by atoms with Gasteiger partial charge >= 0.3 is 0 Å². The van der Waals surface area contributed by atoms with Crippen molar-refractivity contribution in [2.45, 2.75) is 44.7 Å². The maximum atomic E-state index is 5.93. The van der Waals surface area contributed by atoms with Gasteiger partial charge in [0.1, 0.15) is 12.2 Å². The lowest BCUT2D eigenvalue weighted by atomic mass is 9.85. The van der Waals surface area contributed by atoms with Gasteiger partial charge in [0.25, 0.3) is 0 Å². The zero-order chi connectivity index (χ0) is 11.4. The Morgan fingerprint density at radius 3 is 3.06 bits per heavy atom. The molecular formula is C11H19ClN4. The average molecular weight is 243 g/mol. The molecule has 1 heterocycles. The Morgan fingerprint density at radius 1 is 1.56 bits per heavy atom. The van der Waals surface area contributed by atoms with Crippen molar-refractivity contribution >= 4 is 11.6 Å². The third-order valence-electron chi connectivity index (χ3n) is 3.03. The van der Waals surface area contributed by atoms with Crippen LogP contribution in [0.15, 0.2) is 6.33 Å². The number of alkyl halides is 1. The summed E-state index contributed by atoms with van der Waals surface area (Å²) in [5.41, 5.74) is 0. The summed E-state index contributed by atoms with van der Waals surface area (Å²) in [4.78, 5) is 4.25. The summed E-state index contributed by atoms with van der Waals surface area (Å²) in [6.07, 6.45) is 5.02. The summed E-state index contributed by atoms with van der Waals surface area (Å²) >= 11 is 5.93. The molecule has 90 valence electrons. The molecule has 4 nitrogen and oxygen atoms in total. The minimum absolute atomic E-state index is 0.413. The SMILES string of the molecule is CCCn1ncnc1CNCC1CC(Cl)C1. The monoisotopic (exact) mass is 242 g/mol. The molecule has 1 aromatic heterocycles. The van der Waals surface area contributed by atoms with Crippen LogP contribution in [-0.4, -0.2) is 26.7 Å². The highest BCUT2D eigenvalue weighted by Gasteiger charge is 2.26. The van der Waals surface area contributed by atoms with E-state index >= 15 is 0 Å². The third kappa shape index (κ3) is 2.95. The second-order valence-corrected chi connectivity index (χ2v) is 5.08. The van der Waals surface area contributed by atoms with E-state index in [9.17, 15) is 0 Å². The van der Waals surface area contributed by atoms with Crippen molar-refractivity contribution in [3.05, 3.63) is 12.2 Å². The number of nitrogens with zero attached hydrogens (tertiary/aromatic N) is 3. The van der Waals surface area contributed by atoms with Gasteiger partial charge in [-0.25, -0.2) is 9.67 Å². The highest BCUT2D eigenvalue weighted by Crippen LogP contribution is 2.31. The van der Waals surface area contributed by atoms with Crippen molar-refractivity contribution in [3.8, 4) is 0 Å². The number of rotatable bonds is 6. The number of aromatic nitrogens is 3. The van der Waals surface area contributed by atoms with E-state index in [2.05, 4.69) is 22.3 Å². The van der Waals surface area contributed by atoms with Crippen molar-refractivity contribution in [2.24, 2.45) is 5.92 Å². The number of halogens is 1. The Balaban J connectivity index is 1.70. The van der Waals surface area contributed by atoms with Gasteiger partial charge in [-0.05, 0) is 31.7 Å². The number of hydrogen-bond acceptors (Lipinski definition) is 3. The summed E-state index contributed by atoms with van der Waals surface area (Å²) in [6.45, 7) is 4.95. The Kier molecular flexibility index (Phi) is 4.18.